The highest BCUT2D eigenvalue weighted by molar-refractivity contribution is 5.93. The largest absolute Gasteiger partial charge is 0.262 e. The van der Waals surface area contributed by atoms with Crippen LogP contribution in [0.4, 0.5) is 5.69 Å². The van der Waals surface area contributed by atoms with Gasteiger partial charge in [-0.3, -0.25) is 9.98 Å². The lowest BCUT2D eigenvalue weighted by Crippen LogP contribution is -1.81. The van der Waals surface area contributed by atoms with Crippen molar-refractivity contribution in [3.8, 4) is 0 Å². The van der Waals surface area contributed by atoms with Gasteiger partial charge in [-0.1, -0.05) is 78.8 Å². The first-order valence-corrected chi connectivity index (χ1v) is 7.75. The van der Waals surface area contributed by atoms with Crippen molar-refractivity contribution in [3.05, 3.63) is 42.6 Å². The van der Waals surface area contributed by atoms with Crippen molar-refractivity contribution in [1.29, 1.82) is 0 Å². The van der Waals surface area contributed by atoms with Gasteiger partial charge in [0, 0.05) is 17.1 Å². The number of aromatic nitrogens is 1. The molecule has 2 nitrogen and oxygen atoms in total. The van der Waals surface area contributed by atoms with Crippen LogP contribution in [0.25, 0.3) is 17.0 Å². The van der Waals surface area contributed by atoms with Gasteiger partial charge in [-0.05, 0) is 12.8 Å². The summed E-state index contributed by atoms with van der Waals surface area (Å²) in [6, 6.07) is 7.89. The fourth-order valence-electron chi connectivity index (χ4n) is 1.48. The summed E-state index contributed by atoms with van der Waals surface area (Å²) in [7, 11) is 0. The maximum absolute atomic E-state index is 4.28. The fourth-order valence-corrected chi connectivity index (χ4v) is 1.48. The maximum atomic E-state index is 4.28. The molecule has 0 saturated carbocycles. The van der Waals surface area contributed by atoms with Gasteiger partial charge in [-0.25, -0.2) is 0 Å². The number of aliphatic imine (C=N–C) groups is 1. The Morgan fingerprint density at radius 1 is 1.10 bits per heavy atom. The summed E-state index contributed by atoms with van der Waals surface area (Å²) in [4.78, 5) is 8.26. The number of fused-ring (bicyclic) bond motifs is 1. The lowest BCUT2D eigenvalue weighted by Gasteiger charge is -2.03. The molecule has 0 saturated heterocycles. The molecule has 0 atom stereocenters. The summed E-state index contributed by atoms with van der Waals surface area (Å²) < 4.78 is 0. The minimum absolute atomic E-state index is 0.804. The number of hydrogen-bond acceptors (Lipinski definition) is 2. The van der Waals surface area contributed by atoms with E-state index in [0.717, 1.165) is 22.2 Å². The van der Waals surface area contributed by atoms with Crippen LogP contribution < -0.4 is 0 Å². The van der Waals surface area contributed by atoms with E-state index in [-0.39, 0.29) is 0 Å². The van der Waals surface area contributed by atoms with E-state index in [1.165, 1.54) is 6.42 Å². The highest BCUT2D eigenvalue weighted by Crippen LogP contribution is 2.28. The van der Waals surface area contributed by atoms with Gasteiger partial charge in [0.25, 0.3) is 0 Å². The Bertz CT molecular complexity index is 516. The SMILES string of the molecule is C=Cc1ccc2cccnc2c1N=C.CC.CC.CCC. The molecule has 1 aromatic heterocycles. The van der Waals surface area contributed by atoms with Gasteiger partial charge >= 0.3 is 0 Å². The molecule has 2 heteroatoms. The van der Waals surface area contributed by atoms with E-state index in [1.807, 2.05) is 52.0 Å². The Labute approximate surface area is 130 Å². The molecule has 0 amide bonds. The molecule has 21 heavy (non-hydrogen) atoms. The molecule has 116 valence electrons. The number of benzene rings is 1. The van der Waals surface area contributed by atoms with Crippen molar-refractivity contribution >= 4 is 29.4 Å². The second kappa shape index (κ2) is 14.4. The average Bonchev–Trinajstić information content (AvgIpc) is 2.58. The van der Waals surface area contributed by atoms with Crippen molar-refractivity contribution in [3.63, 3.8) is 0 Å². The average molecular weight is 286 g/mol. The summed E-state index contributed by atoms with van der Waals surface area (Å²) in [5, 5.41) is 1.07. The minimum atomic E-state index is 0.804. The number of rotatable bonds is 2. The van der Waals surface area contributed by atoms with Crippen LogP contribution in [0.1, 0.15) is 53.5 Å². The molecule has 1 aromatic carbocycles. The molecule has 0 radical (unpaired) electrons. The van der Waals surface area contributed by atoms with E-state index in [4.69, 9.17) is 0 Å². The number of nitrogens with zero attached hydrogens (tertiary/aromatic N) is 2. The predicted octanol–water partition coefficient (Wildman–Crippen LogP) is 6.68. The van der Waals surface area contributed by atoms with E-state index in [0.29, 0.717) is 0 Å². The second-order valence-electron chi connectivity index (χ2n) is 3.65. The van der Waals surface area contributed by atoms with E-state index < -0.39 is 0 Å². The third-order valence-corrected chi connectivity index (χ3v) is 2.16. The first-order valence-electron chi connectivity index (χ1n) is 7.75. The lowest BCUT2D eigenvalue weighted by atomic mass is 10.1. The van der Waals surface area contributed by atoms with Crippen molar-refractivity contribution in [1.82, 2.24) is 4.98 Å². The highest BCUT2D eigenvalue weighted by atomic mass is 14.8. The minimum Gasteiger partial charge on any atom is -0.262 e. The van der Waals surface area contributed by atoms with Crippen LogP contribution >= 0.6 is 0 Å². The van der Waals surface area contributed by atoms with Crippen LogP contribution in [0, 0.1) is 0 Å². The Kier molecular flexibility index (Phi) is 14.7. The number of hydrogen-bond donors (Lipinski definition) is 0. The van der Waals surface area contributed by atoms with Crippen LogP contribution in [0.2, 0.25) is 0 Å². The Balaban J connectivity index is 0. The molecule has 0 bridgehead atoms. The van der Waals surface area contributed by atoms with E-state index in [1.54, 1.807) is 12.3 Å². The summed E-state index contributed by atoms with van der Waals surface area (Å²) in [5.74, 6) is 0. The van der Waals surface area contributed by atoms with Crippen LogP contribution in [0.3, 0.4) is 0 Å². The first kappa shape index (κ1) is 21.3. The maximum Gasteiger partial charge on any atom is 0.0964 e. The Morgan fingerprint density at radius 2 is 1.67 bits per heavy atom. The molecule has 2 rings (SSSR count). The summed E-state index contributed by atoms with van der Waals surface area (Å²) in [6.07, 6.45) is 4.77. The quantitative estimate of drug-likeness (QED) is 0.565. The molecular weight excluding hydrogens is 256 g/mol. The summed E-state index contributed by atoms with van der Waals surface area (Å²) in [6.45, 7) is 19.5. The topological polar surface area (TPSA) is 25.2 Å². The molecule has 0 unspecified atom stereocenters. The Morgan fingerprint density at radius 3 is 2.14 bits per heavy atom. The predicted molar refractivity (Wildman–Crippen MR) is 99.7 cm³/mol. The Hall–Kier alpha value is -1.96. The molecule has 0 N–H and O–H groups in total. The first-order chi connectivity index (χ1) is 10.3. The van der Waals surface area contributed by atoms with Gasteiger partial charge in [-0.2, -0.15) is 0 Å². The molecule has 0 aliphatic heterocycles. The summed E-state index contributed by atoms with van der Waals surface area (Å²) in [5.41, 5.74) is 2.64. The molecule has 0 aliphatic rings. The van der Waals surface area contributed by atoms with Gasteiger partial charge in [0.05, 0.1) is 11.2 Å². The highest BCUT2D eigenvalue weighted by Gasteiger charge is 2.03. The van der Waals surface area contributed by atoms with E-state index in [9.17, 15) is 0 Å². The zero-order chi connectivity index (χ0) is 16.7. The molecule has 0 fully saturated rings. The molecule has 0 spiro atoms. The van der Waals surface area contributed by atoms with Crippen LogP contribution in [-0.2, 0) is 0 Å². The zero-order valence-electron chi connectivity index (χ0n) is 14.5. The lowest BCUT2D eigenvalue weighted by molar-refractivity contribution is 1.09. The van der Waals surface area contributed by atoms with Crippen molar-refractivity contribution in [2.24, 2.45) is 4.99 Å². The molecule has 2 aromatic rings. The normalized spacial score (nSPS) is 8.10. The van der Waals surface area contributed by atoms with Gasteiger partial charge in [0.15, 0.2) is 0 Å². The van der Waals surface area contributed by atoms with Crippen LogP contribution in [-0.4, -0.2) is 11.7 Å². The zero-order valence-corrected chi connectivity index (χ0v) is 14.5. The van der Waals surface area contributed by atoms with E-state index in [2.05, 4.69) is 37.1 Å². The van der Waals surface area contributed by atoms with Gasteiger partial charge in [0.1, 0.15) is 0 Å². The smallest absolute Gasteiger partial charge is 0.0964 e. The summed E-state index contributed by atoms with van der Waals surface area (Å²) >= 11 is 0. The van der Waals surface area contributed by atoms with Gasteiger partial charge < -0.3 is 0 Å². The van der Waals surface area contributed by atoms with Crippen molar-refractivity contribution in [2.75, 3.05) is 0 Å². The fraction of sp³-hybridized carbons (Fsp3) is 0.368. The molecule has 1 heterocycles. The van der Waals surface area contributed by atoms with Gasteiger partial charge in [0.2, 0.25) is 0 Å². The molecular formula is C19H30N2. The van der Waals surface area contributed by atoms with Crippen molar-refractivity contribution < 1.29 is 0 Å². The second-order valence-corrected chi connectivity index (χ2v) is 3.65. The standard InChI is InChI=1S/C12H10N2.C3H8.2C2H6/c1-3-9-6-7-10-5-4-8-14-12(10)11(9)13-2;1-3-2;2*1-2/h3-8H,1-2H2;3H2,1-2H3;2*1-2H3. The third kappa shape index (κ3) is 6.84. The van der Waals surface area contributed by atoms with E-state index >= 15 is 0 Å². The number of pyridine rings is 1. The third-order valence-electron chi connectivity index (χ3n) is 2.16. The molecule has 0 aliphatic carbocycles. The van der Waals surface area contributed by atoms with Crippen molar-refractivity contribution in [2.45, 2.75) is 48.0 Å². The van der Waals surface area contributed by atoms with Gasteiger partial charge in [-0.15, -0.1) is 0 Å². The van der Waals surface area contributed by atoms with Crippen LogP contribution in [0.15, 0.2) is 42.0 Å². The monoisotopic (exact) mass is 286 g/mol. The van der Waals surface area contributed by atoms with Crippen LogP contribution in [0.5, 0.6) is 0 Å².